The van der Waals surface area contributed by atoms with Gasteiger partial charge in [-0.05, 0) is 18.6 Å². The van der Waals surface area contributed by atoms with Gasteiger partial charge >= 0.3 is 0 Å². The Hall–Kier alpha value is -1.56. The van der Waals surface area contributed by atoms with Gasteiger partial charge in [-0.25, -0.2) is 8.78 Å². The molecule has 14 heavy (non-hydrogen) atoms. The second kappa shape index (κ2) is 4.61. The Balaban J connectivity index is 2.82. The molecule has 0 aliphatic rings. The molecular weight excluding hydrogens is 186 g/mol. The summed E-state index contributed by atoms with van der Waals surface area (Å²) in [5, 5.41) is 0. The van der Waals surface area contributed by atoms with Crippen LogP contribution in [0.3, 0.4) is 0 Å². The molecule has 0 saturated carbocycles. The maximum absolute atomic E-state index is 13.0. The summed E-state index contributed by atoms with van der Waals surface area (Å²) in [7, 11) is 0. The van der Waals surface area contributed by atoms with Crippen molar-refractivity contribution in [2.75, 3.05) is 0 Å². The summed E-state index contributed by atoms with van der Waals surface area (Å²) in [6, 6.07) is 3.12. The van der Waals surface area contributed by atoms with E-state index < -0.39 is 17.7 Å². The lowest BCUT2D eigenvalue weighted by molar-refractivity contribution is 0.242. The Morgan fingerprint density at radius 2 is 2.21 bits per heavy atom. The summed E-state index contributed by atoms with van der Waals surface area (Å²) in [5.41, 5.74) is 0. The van der Waals surface area contributed by atoms with Crippen LogP contribution in [0, 0.1) is 24.0 Å². The molecule has 0 aliphatic carbocycles. The Morgan fingerprint density at radius 1 is 1.50 bits per heavy atom. The van der Waals surface area contributed by atoms with Crippen molar-refractivity contribution < 1.29 is 13.5 Å². The largest absolute Gasteiger partial charge is 0.475 e. The summed E-state index contributed by atoms with van der Waals surface area (Å²) in [5.74, 6) is 0.969. The number of benzene rings is 1. The third-order valence-corrected chi connectivity index (χ3v) is 1.72. The molecule has 1 atom stereocenters. The third kappa shape index (κ3) is 2.46. The van der Waals surface area contributed by atoms with E-state index >= 15 is 0 Å². The van der Waals surface area contributed by atoms with Gasteiger partial charge in [0.1, 0.15) is 5.82 Å². The van der Waals surface area contributed by atoms with Crippen molar-refractivity contribution in [2.45, 2.75) is 19.4 Å². The molecule has 0 bridgehead atoms. The molecule has 0 heterocycles. The summed E-state index contributed by atoms with van der Waals surface area (Å²) >= 11 is 0. The lowest BCUT2D eigenvalue weighted by Gasteiger charge is -2.11. The van der Waals surface area contributed by atoms with Crippen molar-refractivity contribution >= 4 is 0 Å². The lowest BCUT2D eigenvalue weighted by atomic mass is 10.2. The van der Waals surface area contributed by atoms with Gasteiger partial charge in [-0.15, -0.1) is 6.42 Å². The first-order chi connectivity index (χ1) is 6.67. The van der Waals surface area contributed by atoms with E-state index in [1.807, 2.05) is 6.92 Å². The van der Waals surface area contributed by atoms with Crippen LogP contribution in [-0.4, -0.2) is 6.10 Å². The summed E-state index contributed by atoms with van der Waals surface area (Å²) in [4.78, 5) is 0. The van der Waals surface area contributed by atoms with E-state index in [1.165, 1.54) is 6.07 Å². The topological polar surface area (TPSA) is 9.23 Å². The van der Waals surface area contributed by atoms with Crippen LogP contribution in [-0.2, 0) is 0 Å². The smallest absolute Gasteiger partial charge is 0.168 e. The fraction of sp³-hybridized carbons (Fsp3) is 0.273. The van der Waals surface area contributed by atoms with Crippen LogP contribution in [0.5, 0.6) is 5.75 Å². The van der Waals surface area contributed by atoms with E-state index in [1.54, 1.807) is 0 Å². The van der Waals surface area contributed by atoms with Crippen molar-refractivity contribution in [2.24, 2.45) is 0 Å². The molecule has 74 valence electrons. The number of hydrogen-bond donors (Lipinski definition) is 0. The maximum Gasteiger partial charge on any atom is 0.168 e. The van der Waals surface area contributed by atoms with Crippen LogP contribution in [0.1, 0.15) is 13.3 Å². The summed E-state index contributed by atoms with van der Waals surface area (Å²) < 4.78 is 30.7. The first-order valence-corrected chi connectivity index (χ1v) is 4.25. The van der Waals surface area contributed by atoms with Gasteiger partial charge in [0.2, 0.25) is 0 Å². The number of rotatable bonds is 3. The lowest BCUT2D eigenvalue weighted by Crippen LogP contribution is -2.13. The van der Waals surface area contributed by atoms with Gasteiger partial charge in [0, 0.05) is 6.07 Å². The van der Waals surface area contributed by atoms with Gasteiger partial charge < -0.3 is 4.74 Å². The molecule has 0 spiro atoms. The monoisotopic (exact) mass is 196 g/mol. The van der Waals surface area contributed by atoms with Gasteiger partial charge in [0.25, 0.3) is 0 Å². The molecule has 1 nitrogen and oxygen atoms in total. The van der Waals surface area contributed by atoms with E-state index in [4.69, 9.17) is 11.2 Å². The van der Waals surface area contributed by atoms with Gasteiger partial charge in [0.15, 0.2) is 17.7 Å². The molecule has 1 unspecified atom stereocenters. The second-order valence-electron chi connectivity index (χ2n) is 2.76. The molecule has 1 aromatic rings. The average Bonchev–Trinajstić information content (AvgIpc) is 2.17. The number of ether oxygens (including phenoxy) is 1. The molecule has 0 amide bonds. The Bertz CT molecular complexity index is 355. The number of halogens is 2. The predicted molar refractivity (Wildman–Crippen MR) is 49.9 cm³/mol. The normalized spacial score (nSPS) is 11.9. The van der Waals surface area contributed by atoms with Crippen molar-refractivity contribution in [3.05, 3.63) is 29.8 Å². The minimum absolute atomic E-state index is 0.0174. The van der Waals surface area contributed by atoms with Gasteiger partial charge in [-0.2, -0.15) is 0 Å². The highest BCUT2D eigenvalue weighted by Crippen LogP contribution is 2.19. The highest BCUT2D eigenvalue weighted by atomic mass is 19.1. The molecule has 0 aromatic heterocycles. The highest BCUT2D eigenvalue weighted by Gasteiger charge is 2.09. The molecule has 1 aromatic carbocycles. The minimum Gasteiger partial charge on any atom is -0.475 e. The summed E-state index contributed by atoms with van der Waals surface area (Å²) in [6.45, 7) is 1.83. The fourth-order valence-electron chi connectivity index (χ4n) is 0.959. The maximum atomic E-state index is 13.0. The van der Waals surface area contributed by atoms with Crippen molar-refractivity contribution in [3.8, 4) is 18.1 Å². The van der Waals surface area contributed by atoms with Gasteiger partial charge in [-0.3, -0.25) is 0 Å². The van der Waals surface area contributed by atoms with Crippen molar-refractivity contribution in [3.63, 3.8) is 0 Å². The summed E-state index contributed by atoms with van der Waals surface area (Å²) in [6.07, 6.45) is 5.24. The van der Waals surface area contributed by atoms with Crippen LogP contribution in [0.4, 0.5) is 8.78 Å². The second-order valence-corrected chi connectivity index (χ2v) is 2.76. The van der Waals surface area contributed by atoms with E-state index in [0.29, 0.717) is 6.42 Å². The molecule has 0 radical (unpaired) electrons. The third-order valence-electron chi connectivity index (χ3n) is 1.72. The van der Waals surface area contributed by atoms with Gasteiger partial charge in [-0.1, -0.05) is 12.8 Å². The predicted octanol–water partition coefficient (Wildman–Crippen LogP) is 2.76. The molecule has 0 aliphatic heterocycles. The van der Waals surface area contributed by atoms with E-state index in [9.17, 15) is 8.78 Å². The van der Waals surface area contributed by atoms with Crippen LogP contribution in [0.2, 0.25) is 0 Å². The van der Waals surface area contributed by atoms with Crippen molar-refractivity contribution in [1.82, 2.24) is 0 Å². The number of hydrogen-bond acceptors (Lipinski definition) is 1. The van der Waals surface area contributed by atoms with Crippen LogP contribution < -0.4 is 4.74 Å². The van der Waals surface area contributed by atoms with Crippen LogP contribution in [0.25, 0.3) is 0 Å². The van der Waals surface area contributed by atoms with E-state index in [2.05, 4.69) is 5.92 Å². The standard InChI is InChI=1S/C11H10F2O/c1-3-9(4-2)14-11-6-5-8(12)7-10(11)13/h1,5-7,9H,4H2,2H3. The molecule has 0 N–H and O–H groups in total. The molecule has 3 heteroatoms. The Labute approximate surface area is 81.7 Å². The quantitative estimate of drug-likeness (QED) is 0.675. The first kappa shape index (κ1) is 10.5. The van der Waals surface area contributed by atoms with Crippen molar-refractivity contribution in [1.29, 1.82) is 0 Å². The zero-order valence-corrected chi connectivity index (χ0v) is 7.76. The first-order valence-electron chi connectivity index (χ1n) is 4.25. The van der Waals surface area contributed by atoms with Crippen LogP contribution >= 0.6 is 0 Å². The fourth-order valence-corrected chi connectivity index (χ4v) is 0.959. The van der Waals surface area contributed by atoms with E-state index in [0.717, 1.165) is 12.1 Å². The molecule has 1 rings (SSSR count). The molecule has 0 saturated heterocycles. The zero-order valence-electron chi connectivity index (χ0n) is 7.76. The SMILES string of the molecule is C#CC(CC)Oc1ccc(F)cc1F. The Morgan fingerprint density at radius 3 is 2.71 bits per heavy atom. The molecule has 0 fully saturated rings. The zero-order chi connectivity index (χ0) is 10.6. The van der Waals surface area contributed by atoms with Gasteiger partial charge in [0.05, 0.1) is 0 Å². The van der Waals surface area contributed by atoms with E-state index in [-0.39, 0.29) is 5.75 Å². The van der Waals surface area contributed by atoms with Crippen LogP contribution in [0.15, 0.2) is 18.2 Å². The molecular formula is C11H10F2O. The highest BCUT2D eigenvalue weighted by molar-refractivity contribution is 5.25. The average molecular weight is 196 g/mol. The number of terminal acetylenes is 1. The minimum atomic E-state index is -0.737. The Kier molecular flexibility index (Phi) is 3.47.